The predicted octanol–water partition coefficient (Wildman–Crippen LogP) is 1.11. The van der Waals surface area contributed by atoms with Gasteiger partial charge < -0.3 is 9.84 Å². The van der Waals surface area contributed by atoms with Gasteiger partial charge in [0.05, 0.1) is 4.92 Å². The van der Waals surface area contributed by atoms with Crippen molar-refractivity contribution in [3.05, 3.63) is 52.1 Å². The largest absolute Gasteiger partial charge is 0.452 e. The molecule has 0 saturated heterocycles. The first-order valence-electron chi connectivity index (χ1n) is 4.89. The van der Waals surface area contributed by atoms with E-state index in [1.807, 2.05) is 0 Å². The van der Waals surface area contributed by atoms with Gasteiger partial charge in [0.25, 0.3) is 5.69 Å². The SMILES string of the molecule is O=C1C=C[C@@H]([C@H](O)c2ccc([N+](=O)[O-])cc2)O1. The molecule has 2 atom stereocenters. The molecular formula is C11H9NO5. The number of rotatable bonds is 3. The Balaban J connectivity index is 2.14. The van der Waals surface area contributed by atoms with E-state index in [1.54, 1.807) is 0 Å². The highest BCUT2D eigenvalue weighted by Crippen LogP contribution is 2.24. The second kappa shape index (κ2) is 4.34. The Hall–Kier alpha value is -2.21. The van der Waals surface area contributed by atoms with E-state index in [-0.39, 0.29) is 5.69 Å². The number of aliphatic hydroxyl groups excluding tert-OH is 1. The smallest absolute Gasteiger partial charge is 0.331 e. The summed E-state index contributed by atoms with van der Waals surface area (Å²) < 4.78 is 4.82. The lowest BCUT2D eigenvalue weighted by Crippen LogP contribution is -2.18. The Kier molecular flexibility index (Phi) is 2.88. The average molecular weight is 235 g/mol. The molecule has 0 amide bonds. The molecule has 0 saturated carbocycles. The van der Waals surface area contributed by atoms with Crippen molar-refractivity contribution in [2.24, 2.45) is 0 Å². The Morgan fingerprint density at radius 1 is 1.35 bits per heavy atom. The maximum atomic E-state index is 10.8. The van der Waals surface area contributed by atoms with Gasteiger partial charge in [-0.05, 0) is 23.8 Å². The number of esters is 1. The standard InChI is InChI=1S/C11H9NO5/c13-10-6-5-9(17-10)11(14)7-1-3-8(4-2-7)12(15)16/h1-6,9,11,14H/t9-,11+/m0/s1. The van der Waals surface area contributed by atoms with Gasteiger partial charge in [0.2, 0.25) is 0 Å². The Labute approximate surface area is 96.3 Å². The quantitative estimate of drug-likeness (QED) is 0.481. The maximum absolute atomic E-state index is 10.8. The minimum absolute atomic E-state index is 0.0556. The zero-order valence-corrected chi connectivity index (χ0v) is 8.65. The van der Waals surface area contributed by atoms with E-state index in [0.717, 1.165) is 0 Å². The van der Waals surface area contributed by atoms with Crippen molar-refractivity contribution in [2.75, 3.05) is 0 Å². The van der Waals surface area contributed by atoms with Crippen molar-refractivity contribution in [2.45, 2.75) is 12.2 Å². The fourth-order valence-electron chi connectivity index (χ4n) is 1.54. The molecule has 1 aromatic carbocycles. The average Bonchev–Trinajstić information content (AvgIpc) is 2.75. The first-order chi connectivity index (χ1) is 8.08. The number of nitro benzene ring substituents is 1. The van der Waals surface area contributed by atoms with Crippen LogP contribution in [0.25, 0.3) is 0 Å². The monoisotopic (exact) mass is 235 g/mol. The fraction of sp³-hybridized carbons (Fsp3) is 0.182. The van der Waals surface area contributed by atoms with Crippen molar-refractivity contribution in [1.29, 1.82) is 0 Å². The number of non-ortho nitro benzene ring substituents is 1. The number of cyclic esters (lactones) is 1. The molecule has 0 aromatic heterocycles. The molecule has 1 N–H and O–H groups in total. The molecule has 0 bridgehead atoms. The van der Waals surface area contributed by atoms with Crippen LogP contribution in [0.3, 0.4) is 0 Å². The van der Waals surface area contributed by atoms with Crippen LogP contribution in [0.5, 0.6) is 0 Å². The van der Waals surface area contributed by atoms with Crippen molar-refractivity contribution < 1.29 is 19.6 Å². The van der Waals surface area contributed by atoms with Crippen LogP contribution < -0.4 is 0 Å². The van der Waals surface area contributed by atoms with Gasteiger partial charge in [-0.15, -0.1) is 0 Å². The molecule has 17 heavy (non-hydrogen) atoms. The molecule has 0 spiro atoms. The number of carbonyl (C=O) groups is 1. The molecule has 2 rings (SSSR count). The zero-order valence-electron chi connectivity index (χ0n) is 8.65. The van der Waals surface area contributed by atoms with Gasteiger partial charge in [-0.2, -0.15) is 0 Å². The highest BCUT2D eigenvalue weighted by Gasteiger charge is 2.26. The maximum Gasteiger partial charge on any atom is 0.331 e. The lowest BCUT2D eigenvalue weighted by atomic mass is 10.0. The van der Waals surface area contributed by atoms with E-state index in [9.17, 15) is 20.0 Å². The predicted molar refractivity (Wildman–Crippen MR) is 57.1 cm³/mol. The number of nitro groups is 1. The van der Waals surface area contributed by atoms with Crippen LogP contribution in [0.2, 0.25) is 0 Å². The van der Waals surface area contributed by atoms with E-state index in [1.165, 1.54) is 36.4 Å². The molecule has 1 aromatic rings. The van der Waals surface area contributed by atoms with Crippen molar-refractivity contribution in [1.82, 2.24) is 0 Å². The third-order valence-electron chi connectivity index (χ3n) is 2.43. The molecule has 0 aliphatic carbocycles. The van der Waals surface area contributed by atoms with Crippen molar-refractivity contribution >= 4 is 11.7 Å². The summed E-state index contributed by atoms with van der Waals surface area (Å²) in [6.07, 6.45) is 0.940. The normalized spacial score (nSPS) is 20.1. The Bertz CT molecular complexity index is 479. The number of ether oxygens (including phenoxy) is 1. The first kappa shape index (κ1) is 11.3. The summed E-state index contributed by atoms with van der Waals surface area (Å²) in [5.41, 5.74) is 0.403. The summed E-state index contributed by atoms with van der Waals surface area (Å²) in [4.78, 5) is 20.7. The number of hydrogen-bond acceptors (Lipinski definition) is 5. The lowest BCUT2D eigenvalue weighted by molar-refractivity contribution is -0.384. The molecule has 6 heteroatoms. The van der Waals surface area contributed by atoms with Gasteiger partial charge in [-0.1, -0.05) is 0 Å². The summed E-state index contributed by atoms with van der Waals surface area (Å²) >= 11 is 0. The topological polar surface area (TPSA) is 89.7 Å². The number of aliphatic hydroxyl groups is 1. The van der Waals surface area contributed by atoms with Gasteiger partial charge >= 0.3 is 5.97 Å². The highest BCUT2D eigenvalue weighted by molar-refractivity contribution is 5.84. The van der Waals surface area contributed by atoms with Crippen LogP contribution in [0, 0.1) is 10.1 Å². The molecule has 0 fully saturated rings. The summed E-state index contributed by atoms with van der Waals surface area (Å²) in [7, 11) is 0. The van der Waals surface area contributed by atoms with Crippen molar-refractivity contribution in [3.63, 3.8) is 0 Å². The number of benzene rings is 1. The van der Waals surface area contributed by atoms with Crippen LogP contribution in [0.4, 0.5) is 5.69 Å². The van der Waals surface area contributed by atoms with Gasteiger partial charge in [-0.25, -0.2) is 4.79 Å². The number of carbonyl (C=O) groups excluding carboxylic acids is 1. The molecule has 88 valence electrons. The fourth-order valence-corrected chi connectivity index (χ4v) is 1.54. The lowest BCUT2D eigenvalue weighted by Gasteiger charge is -2.16. The van der Waals surface area contributed by atoms with E-state index in [2.05, 4.69) is 0 Å². The second-order valence-electron chi connectivity index (χ2n) is 3.55. The number of nitrogens with zero attached hydrogens (tertiary/aromatic N) is 1. The highest BCUT2D eigenvalue weighted by atomic mass is 16.6. The molecule has 1 aliphatic heterocycles. The molecule has 0 radical (unpaired) electrons. The van der Waals surface area contributed by atoms with E-state index >= 15 is 0 Å². The van der Waals surface area contributed by atoms with Gasteiger partial charge in [-0.3, -0.25) is 10.1 Å². The Morgan fingerprint density at radius 2 is 2.00 bits per heavy atom. The molecule has 0 unspecified atom stereocenters. The van der Waals surface area contributed by atoms with Gasteiger partial charge in [0, 0.05) is 18.2 Å². The van der Waals surface area contributed by atoms with Crippen molar-refractivity contribution in [3.8, 4) is 0 Å². The summed E-state index contributed by atoms with van der Waals surface area (Å²) in [6.45, 7) is 0. The summed E-state index contributed by atoms with van der Waals surface area (Å²) in [6, 6.07) is 5.45. The van der Waals surface area contributed by atoms with Crippen LogP contribution in [0.1, 0.15) is 11.7 Å². The summed E-state index contributed by atoms with van der Waals surface area (Å²) in [5.74, 6) is -0.504. The Morgan fingerprint density at radius 3 is 2.47 bits per heavy atom. The first-order valence-corrected chi connectivity index (χ1v) is 4.89. The van der Waals surface area contributed by atoms with E-state index in [4.69, 9.17) is 4.74 Å². The van der Waals surface area contributed by atoms with Gasteiger partial charge in [0.15, 0.2) is 6.10 Å². The number of hydrogen-bond donors (Lipinski definition) is 1. The molecular weight excluding hydrogens is 226 g/mol. The van der Waals surface area contributed by atoms with Gasteiger partial charge in [0.1, 0.15) is 6.10 Å². The van der Waals surface area contributed by atoms with E-state index < -0.39 is 23.1 Å². The third kappa shape index (κ3) is 2.31. The van der Waals surface area contributed by atoms with E-state index in [0.29, 0.717) is 5.56 Å². The molecule has 1 heterocycles. The minimum Gasteiger partial charge on any atom is -0.452 e. The third-order valence-corrected chi connectivity index (χ3v) is 2.43. The zero-order chi connectivity index (χ0) is 12.4. The minimum atomic E-state index is -1.02. The molecule has 1 aliphatic rings. The van der Waals surface area contributed by atoms with Crippen LogP contribution in [-0.4, -0.2) is 22.1 Å². The second-order valence-corrected chi connectivity index (χ2v) is 3.55. The van der Waals surface area contributed by atoms with Crippen LogP contribution in [0.15, 0.2) is 36.4 Å². The van der Waals surface area contributed by atoms with Crippen LogP contribution >= 0.6 is 0 Å². The molecule has 6 nitrogen and oxygen atoms in total. The summed E-state index contributed by atoms with van der Waals surface area (Å²) in [5, 5.41) is 20.3. The van der Waals surface area contributed by atoms with Crippen LogP contribution in [-0.2, 0) is 9.53 Å².